The number of methoxy groups -OCH3 is 1. The van der Waals surface area contributed by atoms with Crippen LogP contribution in [-0.4, -0.2) is 34.2 Å². The van der Waals surface area contributed by atoms with Gasteiger partial charge in [0.15, 0.2) is 11.0 Å². The highest BCUT2D eigenvalue weighted by Crippen LogP contribution is 2.29. The first-order chi connectivity index (χ1) is 15.2. The molecule has 5 nitrogen and oxygen atoms in total. The number of halogens is 2. The zero-order chi connectivity index (χ0) is 21.6. The Kier molecular flexibility index (Phi) is 6.47. The lowest BCUT2D eigenvalue weighted by atomic mass is 10.2. The maximum Gasteiger partial charge on any atom is 0.196 e. The first kappa shape index (κ1) is 20.9. The van der Waals surface area contributed by atoms with Gasteiger partial charge in [0, 0.05) is 17.4 Å². The Balaban J connectivity index is 1.55. The Labute approximate surface area is 182 Å². The van der Waals surface area contributed by atoms with Gasteiger partial charge >= 0.3 is 0 Å². The summed E-state index contributed by atoms with van der Waals surface area (Å²) in [6, 6.07) is 20.1. The van der Waals surface area contributed by atoms with Crippen molar-refractivity contribution in [2.24, 2.45) is 0 Å². The van der Waals surface area contributed by atoms with Crippen molar-refractivity contribution < 1.29 is 18.3 Å². The van der Waals surface area contributed by atoms with E-state index >= 15 is 0 Å². The monoisotopic (exact) mass is 439 g/mol. The van der Waals surface area contributed by atoms with Gasteiger partial charge < -0.3 is 9.47 Å². The summed E-state index contributed by atoms with van der Waals surface area (Å²) < 4.78 is 40.5. The molecule has 0 aliphatic rings. The van der Waals surface area contributed by atoms with E-state index in [1.165, 1.54) is 23.9 Å². The first-order valence-corrected chi connectivity index (χ1v) is 10.5. The quantitative estimate of drug-likeness (QED) is 0.272. The minimum absolute atomic E-state index is 0.184. The van der Waals surface area contributed by atoms with Crippen LogP contribution in [-0.2, 0) is 0 Å². The van der Waals surface area contributed by atoms with E-state index in [0.29, 0.717) is 23.3 Å². The molecule has 3 aromatic carbocycles. The standard InChI is InChI=1S/C23H19F2N3O2S/c1-29-18-8-10-19(11-9-18)30-13-14-31-23-27-26-22(16-5-3-2-4-6-16)28(23)21-12-7-17(24)15-20(21)25/h2-12,15H,13-14H2,1H3. The number of hydrogen-bond acceptors (Lipinski definition) is 5. The number of rotatable bonds is 8. The second-order valence-corrected chi connectivity index (χ2v) is 7.54. The molecule has 31 heavy (non-hydrogen) atoms. The molecule has 0 atom stereocenters. The fourth-order valence-corrected chi connectivity index (χ4v) is 3.74. The second kappa shape index (κ2) is 9.61. The van der Waals surface area contributed by atoms with Gasteiger partial charge in [-0.3, -0.25) is 4.57 Å². The van der Waals surface area contributed by atoms with Crippen LogP contribution >= 0.6 is 11.8 Å². The van der Waals surface area contributed by atoms with Crippen LogP contribution in [0.2, 0.25) is 0 Å². The Hall–Kier alpha value is -3.39. The molecule has 0 amide bonds. The molecule has 0 aliphatic carbocycles. The van der Waals surface area contributed by atoms with Gasteiger partial charge in [-0.2, -0.15) is 0 Å². The highest BCUT2D eigenvalue weighted by Gasteiger charge is 2.19. The number of aromatic nitrogens is 3. The Morgan fingerprint density at radius 2 is 1.65 bits per heavy atom. The summed E-state index contributed by atoms with van der Waals surface area (Å²) in [5.74, 6) is 1.18. The maximum atomic E-state index is 14.6. The third-order valence-corrected chi connectivity index (χ3v) is 5.35. The van der Waals surface area contributed by atoms with Crippen LogP contribution in [0.4, 0.5) is 8.78 Å². The average Bonchev–Trinajstić information content (AvgIpc) is 3.21. The van der Waals surface area contributed by atoms with Crippen LogP contribution in [0, 0.1) is 11.6 Å². The molecule has 0 spiro atoms. The van der Waals surface area contributed by atoms with Gasteiger partial charge in [-0.1, -0.05) is 42.1 Å². The van der Waals surface area contributed by atoms with Crippen LogP contribution in [0.15, 0.2) is 78.0 Å². The van der Waals surface area contributed by atoms with Crippen molar-refractivity contribution in [3.8, 4) is 28.6 Å². The van der Waals surface area contributed by atoms with Crippen molar-refractivity contribution in [3.63, 3.8) is 0 Å². The molecule has 0 bridgehead atoms. The summed E-state index contributed by atoms with van der Waals surface area (Å²) >= 11 is 1.38. The Bertz CT molecular complexity index is 1150. The summed E-state index contributed by atoms with van der Waals surface area (Å²) in [6.45, 7) is 0.413. The van der Waals surface area contributed by atoms with E-state index in [-0.39, 0.29) is 5.69 Å². The van der Waals surface area contributed by atoms with E-state index in [4.69, 9.17) is 9.47 Å². The summed E-state index contributed by atoms with van der Waals surface area (Å²) in [6.07, 6.45) is 0. The van der Waals surface area contributed by atoms with Gasteiger partial charge in [0.05, 0.1) is 19.4 Å². The lowest BCUT2D eigenvalue weighted by molar-refractivity contribution is 0.342. The molecule has 0 saturated heterocycles. The molecule has 1 heterocycles. The number of thioether (sulfide) groups is 1. The van der Waals surface area contributed by atoms with E-state index in [9.17, 15) is 8.78 Å². The van der Waals surface area contributed by atoms with Crippen molar-refractivity contribution in [1.29, 1.82) is 0 Å². The normalized spacial score (nSPS) is 10.8. The predicted octanol–water partition coefficient (Wildman–Crippen LogP) is 5.39. The summed E-state index contributed by atoms with van der Waals surface area (Å²) in [5, 5.41) is 8.99. The fraction of sp³-hybridized carbons (Fsp3) is 0.130. The first-order valence-electron chi connectivity index (χ1n) is 9.51. The van der Waals surface area contributed by atoms with Gasteiger partial charge in [0.2, 0.25) is 0 Å². The molecule has 0 aliphatic heterocycles. The molecular weight excluding hydrogens is 420 g/mol. The molecule has 158 valence electrons. The zero-order valence-corrected chi connectivity index (χ0v) is 17.5. The number of ether oxygens (including phenoxy) is 2. The van der Waals surface area contributed by atoms with Gasteiger partial charge in [0.25, 0.3) is 0 Å². The Morgan fingerprint density at radius 3 is 2.35 bits per heavy atom. The highest BCUT2D eigenvalue weighted by atomic mass is 32.2. The predicted molar refractivity (Wildman–Crippen MR) is 116 cm³/mol. The van der Waals surface area contributed by atoms with Gasteiger partial charge in [0.1, 0.15) is 23.1 Å². The van der Waals surface area contributed by atoms with E-state index < -0.39 is 11.6 Å². The largest absolute Gasteiger partial charge is 0.497 e. The third-order valence-electron chi connectivity index (χ3n) is 4.46. The Morgan fingerprint density at radius 1 is 0.903 bits per heavy atom. The summed E-state index contributed by atoms with van der Waals surface area (Å²) in [7, 11) is 1.61. The van der Waals surface area contributed by atoms with E-state index in [0.717, 1.165) is 23.1 Å². The SMILES string of the molecule is COc1ccc(OCCSc2nnc(-c3ccccc3)n2-c2ccc(F)cc2F)cc1. The van der Waals surface area contributed by atoms with E-state index in [1.807, 2.05) is 54.6 Å². The minimum atomic E-state index is -0.687. The van der Waals surface area contributed by atoms with Crippen molar-refractivity contribution >= 4 is 11.8 Å². The molecule has 0 fully saturated rings. The van der Waals surface area contributed by atoms with Gasteiger partial charge in [-0.05, 0) is 36.4 Å². The van der Waals surface area contributed by atoms with E-state index in [1.54, 1.807) is 11.7 Å². The molecule has 1 aromatic heterocycles. The van der Waals surface area contributed by atoms with Crippen LogP contribution in [0.25, 0.3) is 17.1 Å². The maximum absolute atomic E-state index is 14.6. The lowest BCUT2D eigenvalue weighted by Gasteiger charge is -2.12. The molecular formula is C23H19F2N3O2S. The molecule has 4 rings (SSSR count). The zero-order valence-electron chi connectivity index (χ0n) is 16.7. The van der Waals surface area contributed by atoms with E-state index in [2.05, 4.69) is 10.2 Å². The average molecular weight is 439 g/mol. The molecule has 0 radical (unpaired) electrons. The topological polar surface area (TPSA) is 49.2 Å². The van der Waals surface area contributed by atoms with Crippen LogP contribution in [0.1, 0.15) is 0 Å². The highest BCUT2D eigenvalue weighted by molar-refractivity contribution is 7.99. The summed E-state index contributed by atoms with van der Waals surface area (Å²) in [4.78, 5) is 0. The molecule has 4 aromatic rings. The fourth-order valence-electron chi connectivity index (χ4n) is 2.98. The lowest BCUT2D eigenvalue weighted by Crippen LogP contribution is -2.05. The smallest absolute Gasteiger partial charge is 0.196 e. The van der Waals surface area contributed by atoms with Gasteiger partial charge in [-0.15, -0.1) is 10.2 Å². The van der Waals surface area contributed by atoms with Crippen LogP contribution in [0.5, 0.6) is 11.5 Å². The van der Waals surface area contributed by atoms with Crippen molar-refractivity contribution in [1.82, 2.24) is 14.8 Å². The number of hydrogen-bond donors (Lipinski definition) is 0. The van der Waals surface area contributed by atoms with Crippen molar-refractivity contribution in [2.45, 2.75) is 5.16 Å². The molecule has 0 saturated carbocycles. The van der Waals surface area contributed by atoms with Crippen LogP contribution < -0.4 is 9.47 Å². The van der Waals surface area contributed by atoms with Gasteiger partial charge in [-0.25, -0.2) is 8.78 Å². The molecule has 0 unspecified atom stereocenters. The van der Waals surface area contributed by atoms with Crippen molar-refractivity contribution in [2.75, 3.05) is 19.5 Å². The number of benzene rings is 3. The third kappa shape index (κ3) is 4.86. The minimum Gasteiger partial charge on any atom is -0.497 e. The van der Waals surface area contributed by atoms with Crippen molar-refractivity contribution in [3.05, 3.63) is 84.4 Å². The second-order valence-electron chi connectivity index (χ2n) is 6.48. The molecule has 0 N–H and O–H groups in total. The summed E-state index contributed by atoms with van der Waals surface area (Å²) in [5.41, 5.74) is 0.962. The number of nitrogens with zero attached hydrogens (tertiary/aromatic N) is 3. The van der Waals surface area contributed by atoms with Crippen LogP contribution in [0.3, 0.4) is 0 Å². The molecule has 8 heteroatoms.